The molecule has 22 heavy (non-hydrogen) atoms. The minimum absolute atomic E-state index is 0.0842. The summed E-state index contributed by atoms with van der Waals surface area (Å²) >= 11 is 4.40. The third kappa shape index (κ3) is 4.61. The van der Waals surface area contributed by atoms with Gasteiger partial charge in [-0.15, -0.1) is 16.8 Å². The molecule has 0 amide bonds. The quantitative estimate of drug-likeness (QED) is 0.516. The van der Waals surface area contributed by atoms with Crippen molar-refractivity contribution in [3.63, 3.8) is 0 Å². The molecule has 0 spiro atoms. The van der Waals surface area contributed by atoms with Crippen molar-refractivity contribution in [3.05, 3.63) is 41.4 Å². The smallest absolute Gasteiger partial charge is 0.298 e. The molecule has 1 aromatic heterocycles. The molecule has 0 saturated heterocycles. The lowest BCUT2D eigenvalue weighted by Gasteiger charge is -2.08. The standard InChI is InChI=1S/C14H13BrF3N3S/c1-2-8-21-12(10-3-5-11(15)6-4-10)19-20-13(21)22-9-7-14(16,17)18/h2-6H,1,7-9H2. The normalized spacial score (nSPS) is 11.6. The Hall–Kier alpha value is -1.28. The topological polar surface area (TPSA) is 30.7 Å². The minimum Gasteiger partial charge on any atom is -0.298 e. The highest BCUT2D eigenvalue weighted by Gasteiger charge is 2.27. The zero-order chi connectivity index (χ0) is 16.2. The lowest BCUT2D eigenvalue weighted by molar-refractivity contribution is -0.129. The number of halogens is 4. The molecule has 2 rings (SSSR count). The van der Waals surface area contributed by atoms with Gasteiger partial charge in [-0.1, -0.05) is 45.9 Å². The van der Waals surface area contributed by atoms with Gasteiger partial charge in [-0.3, -0.25) is 4.57 Å². The first-order valence-corrected chi connectivity index (χ1v) is 8.18. The molecule has 0 N–H and O–H groups in total. The monoisotopic (exact) mass is 391 g/mol. The molecule has 0 atom stereocenters. The van der Waals surface area contributed by atoms with Gasteiger partial charge in [0.05, 0.1) is 6.42 Å². The van der Waals surface area contributed by atoms with Crippen molar-refractivity contribution in [3.8, 4) is 11.4 Å². The van der Waals surface area contributed by atoms with Crippen LogP contribution < -0.4 is 0 Å². The maximum atomic E-state index is 12.2. The summed E-state index contributed by atoms with van der Waals surface area (Å²) in [5.41, 5.74) is 0.847. The Morgan fingerprint density at radius 2 is 1.91 bits per heavy atom. The van der Waals surface area contributed by atoms with E-state index in [1.54, 1.807) is 10.6 Å². The van der Waals surface area contributed by atoms with Crippen LogP contribution in [0.1, 0.15) is 6.42 Å². The van der Waals surface area contributed by atoms with Crippen LogP contribution in [0.2, 0.25) is 0 Å². The highest BCUT2D eigenvalue weighted by molar-refractivity contribution is 9.10. The average Bonchev–Trinajstić information content (AvgIpc) is 2.82. The number of benzene rings is 1. The summed E-state index contributed by atoms with van der Waals surface area (Å²) in [4.78, 5) is 0. The predicted octanol–water partition coefficient (Wildman–Crippen LogP) is 4.94. The van der Waals surface area contributed by atoms with Gasteiger partial charge in [-0.05, 0) is 12.1 Å². The van der Waals surface area contributed by atoms with E-state index < -0.39 is 12.6 Å². The van der Waals surface area contributed by atoms with Crippen molar-refractivity contribution in [1.82, 2.24) is 14.8 Å². The second-order valence-electron chi connectivity index (χ2n) is 4.43. The zero-order valence-electron chi connectivity index (χ0n) is 11.5. The van der Waals surface area contributed by atoms with Crippen molar-refractivity contribution in [2.24, 2.45) is 0 Å². The molecule has 1 heterocycles. The molecular weight excluding hydrogens is 379 g/mol. The first kappa shape index (κ1) is 17.1. The van der Waals surface area contributed by atoms with E-state index in [9.17, 15) is 13.2 Å². The summed E-state index contributed by atoms with van der Waals surface area (Å²) in [6, 6.07) is 7.49. The van der Waals surface area contributed by atoms with Crippen molar-refractivity contribution in [1.29, 1.82) is 0 Å². The van der Waals surface area contributed by atoms with Crippen LogP contribution in [0, 0.1) is 0 Å². The Morgan fingerprint density at radius 3 is 2.50 bits per heavy atom. The van der Waals surface area contributed by atoms with Crippen LogP contribution in [0.3, 0.4) is 0 Å². The van der Waals surface area contributed by atoms with Crippen LogP contribution in [-0.4, -0.2) is 26.7 Å². The molecule has 0 bridgehead atoms. The second-order valence-corrected chi connectivity index (χ2v) is 6.40. The molecule has 0 fully saturated rings. The van der Waals surface area contributed by atoms with E-state index in [0.717, 1.165) is 21.8 Å². The number of thioether (sulfide) groups is 1. The van der Waals surface area contributed by atoms with E-state index >= 15 is 0 Å². The third-order valence-electron chi connectivity index (χ3n) is 2.75. The van der Waals surface area contributed by atoms with E-state index in [-0.39, 0.29) is 5.75 Å². The van der Waals surface area contributed by atoms with E-state index in [1.807, 2.05) is 24.3 Å². The number of hydrogen-bond donors (Lipinski definition) is 0. The van der Waals surface area contributed by atoms with Crippen LogP contribution in [0.15, 0.2) is 46.5 Å². The van der Waals surface area contributed by atoms with Crippen molar-refractivity contribution in [2.45, 2.75) is 24.3 Å². The molecule has 3 nitrogen and oxygen atoms in total. The number of alkyl halides is 3. The van der Waals surface area contributed by atoms with Gasteiger partial charge < -0.3 is 0 Å². The van der Waals surface area contributed by atoms with E-state index in [4.69, 9.17) is 0 Å². The fourth-order valence-electron chi connectivity index (χ4n) is 1.76. The van der Waals surface area contributed by atoms with Gasteiger partial charge in [0.2, 0.25) is 0 Å². The molecule has 0 aliphatic rings. The van der Waals surface area contributed by atoms with Crippen LogP contribution in [0.4, 0.5) is 13.2 Å². The Bertz CT molecular complexity index is 638. The third-order valence-corrected chi connectivity index (χ3v) is 4.24. The van der Waals surface area contributed by atoms with Gasteiger partial charge in [0.15, 0.2) is 11.0 Å². The molecule has 8 heteroatoms. The number of allylic oxidation sites excluding steroid dienone is 1. The minimum atomic E-state index is -4.16. The Morgan fingerprint density at radius 1 is 1.23 bits per heavy atom. The van der Waals surface area contributed by atoms with Crippen LogP contribution >= 0.6 is 27.7 Å². The van der Waals surface area contributed by atoms with Gasteiger partial charge in [0.25, 0.3) is 0 Å². The van der Waals surface area contributed by atoms with Crippen LogP contribution in [0.5, 0.6) is 0 Å². The molecule has 0 aliphatic heterocycles. The van der Waals surface area contributed by atoms with E-state index in [0.29, 0.717) is 17.5 Å². The van der Waals surface area contributed by atoms with Crippen molar-refractivity contribution < 1.29 is 13.2 Å². The molecule has 0 radical (unpaired) electrons. The SMILES string of the molecule is C=CCn1c(SCCC(F)(F)F)nnc1-c1ccc(Br)cc1. The van der Waals surface area contributed by atoms with E-state index in [2.05, 4.69) is 32.7 Å². The van der Waals surface area contributed by atoms with Gasteiger partial charge in [-0.2, -0.15) is 13.2 Å². The molecule has 2 aromatic rings. The molecular formula is C14H13BrF3N3S. The highest BCUT2D eigenvalue weighted by Crippen LogP contribution is 2.28. The lowest BCUT2D eigenvalue weighted by atomic mass is 10.2. The van der Waals surface area contributed by atoms with E-state index in [1.165, 1.54) is 0 Å². The summed E-state index contributed by atoms with van der Waals surface area (Å²) in [5.74, 6) is 0.529. The van der Waals surface area contributed by atoms with Gasteiger partial charge in [0.1, 0.15) is 0 Å². The van der Waals surface area contributed by atoms with Gasteiger partial charge in [0, 0.05) is 22.3 Å². The predicted molar refractivity (Wildman–Crippen MR) is 84.8 cm³/mol. The molecule has 0 aliphatic carbocycles. The van der Waals surface area contributed by atoms with Crippen LogP contribution in [0.25, 0.3) is 11.4 Å². The zero-order valence-corrected chi connectivity index (χ0v) is 13.9. The van der Waals surface area contributed by atoms with Crippen molar-refractivity contribution in [2.75, 3.05) is 5.75 Å². The maximum absolute atomic E-state index is 12.2. The molecule has 0 saturated carbocycles. The highest BCUT2D eigenvalue weighted by atomic mass is 79.9. The fourth-order valence-corrected chi connectivity index (χ4v) is 2.96. The summed E-state index contributed by atoms with van der Waals surface area (Å²) in [6.45, 7) is 4.11. The largest absolute Gasteiger partial charge is 0.389 e. The fraction of sp³-hybridized carbons (Fsp3) is 0.286. The maximum Gasteiger partial charge on any atom is 0.389 e. The number of rotatable bonds is 6. The Kier molecular flexibility index (Phi) is 5.69. The van der Waals surface area contributed by atoms with Gasteiger partial charge >= 0.3 is 6.18 Å². The van der Waals surface area contributed by atoms with Gasteiger partial charge in [-0.25, -0.2) is 0 Å². The van der Waals surface area contributed by atoms with Crippen molar-refractivity contribution >= 4 is 27.7 Å². The molecule has 1 aromatic carbocycles. The summed E-state index contributed by atoms with van der Waals surface area (Å²) in [7, 11) is 0. The average molecular weight is 392 g/mol. The molecule has 118 valence electrons. The Labute approximate surface area is 138 Å². The first-order valence-electron chi connectivity index (χ1n) is 6.40. The molecule has 0 unspecified atom stereocenters. The summed E-state index contributed by atoms with van der Waals surface area (Å²) < 4.78 is 39.4. The Balaban J connectivity index is 2.21. The number of hydrogen-bond acceptors (Lipinski definition) is 3. The lowest BCUT2D eigenvalue weighted by Crippen LogP contribution is -2.09. The van der Waals surface area contributed by atoms with Crippen LogP contribution in [-0.2, 0) is 6.54 Å². The summed E-state index contributed by atoms with van der Waals surface area (Å²) in [5, 5.41) is 8.56. The first-order chi connectivity index (χ1) is 10.4. The number of nitrogens with zero attached hydrogens (tertiary/aromatic N) is 3. The second kappa shape index (κ2) is 7.32. The summed E-state index contributed by atoms with van der Waals surface area (Å²) in [6.07, 6.45) is -3.35. The number of aromatic nitrogens is 3.